The Morgan fingerprint density at radius 2 is 2.05 bits per heavy atom. The molecule has 19 heavy (non-hydrogen) atoms. The molecule has 0 saturated heterocycles. The number of aryl methyl sites for hydroxylation is 1. The highest BCUT2D eigenvalue weighted by Crippen LogP contribution is 2.17. The van der Waals surface area contributed by atoms with E-state index in [4.69, 9.17) is 17.3 Å². The summed E-state index contributed by atoms with van der Waals surface area (Å²) in [6.07, 6.45) is 1.54. The smallest absolute Gasteiger partial charge is 0.255 e. The number of anilines is 2. The Labute approximate surface area is 114 Å². The highest BCUT2D eigenvalue weighted by atomic mass is 35.5. The van der Waals surface area contributed by atoms with Crippen LogP contribution in [-0.4, -0.2) is 10.5 Å². The molecule has 1 amide bonds. The lowest BCUT2D eigenvalue weighted by atomic mass is 10.2. The van der Waals surface area contributed by atoms with Crippen molar-refractivity contribution in [3.05, 3.63) is 57.5 Å². The zero-order chi connectivity index (χ0) is 14.0. The van der Waals surface area contributed by atoms with Crippen LogP contribution >= 0.6 is 11.6 Å². The van der Waals surface area contributed by atoms with Gasteiger partial charge in [-0.1, -0.05) is 11.6 Å². The molecule has 98 valence electrons. The Balaban J connectivity index is 2.25. The number of pyridine rings is 1. The molecule has 0 aliphatic heterocycles. The Bertz CT molecular complexity index is 674. The van der Waals surface area contributed by atoms with E-state index >= 15 is 0 Å². The molecule has 1 aromatic carbocycles. The quantitative estimate of drug-likeness (QED) is 0.823. The lowest BCUT2D eigenvalue weighted by molar-refractivity contribution is 0.102. The van der Waals surface area contributed by atoms with Gasteiger partial charge in [0.1, 0.15) is 0 Å². The third-order valence-electron chi connectivity index (χ3n) is 2.53. The van der Waals surface area contributed by atoms with Gasteiger partial charge < -0.3 is 15.6 Å². The third-order valence-corrected chi connectivity index (χ3v) is 2.74. The minimum absolute atomic E-state index is 0.148. The molecular formula is C13H12ClN3O2. The van der Waals surface area contributed by atoms with Crippen LogP contribution in [0.4, 0.5) is 11.4 Å². The predicted molar refractivity (Wildman–Crippen MR) is 75.5 cm³/mol. The minimum Gasteiger partial charge on any atom is -0.399 e. The molecular weight excluding hydrogens is 266 g/mol. The van der Waals surface area contributed by atoms with E-state index in [0.717, 1.165) is 0 Å². The lowest BCUT2D eigenvalue weighted by Gasteiger charge is -2.07. The first-order valence-corrected chi connectivity index (χ1v) is 5.87. The maximum atomic E-state index is 12.0. The molecule has 0 radical (unpaired) electrons. The summed E-state index contributed by atoms with van der Waals surface area (Å²) in [5, 5.41) is 3.06. The summed E-state index contributed by atoms with van der Waals surface area (Å²) < 4.78 is 1.38. The van der Waals surface area contributed by atoms with Crippen LogP contribution < -0.4 is 16.6 Å². The summed E-state index contributed by atoms with van der Waals surface area (Å²) >= 11 is 5.84. The highest BCUT2D eigenvalue weighted by Gasteiger charge is 2.08. The number of nitrogens with two attached hydrogens (primary N) is 1. The van der Waals surface area contributed by atoms with Crippen molar-refractivity contribution >= 4 is 28.9 Å². The number of carbonyl (C=O) groups is 1. The average Bonchev–Trinajstić information content (AvgIpc) is 2.32. The molecule has 0 atom stereocenters. The molecule has 6 heteroatoms. The second-order valence-electron chi connectivity index (χ2n) is 4.09. The Hall–Kier alpha value is -2.27. The van der Waals surface area contributed by atoms with Crippen molar-refractivity contribution in [2.45, 2.75) is 0 Å². The van der Waals surface area contributed by atoms with E-state index in [1.54, 1.807) is 13.1 Å². The molecule has 0 aliphatic rings. The first-order valence-electron chi connectivity index (χ1n) is 5.50. The largest absolute Gasteiger partial charge is 0.399 e. The van der Waals surface area contributed by atoms with Crippen molar-refractivity contribution in [2.24, 2.45) is 7.05 Å². The maximum Gasteiger partial charge on any atom is 0.255 e. The number of nitrogens with one attached hydrogen (secondary N) is 1. The zero-order valence-corrected chi connectivity index (χ0v) is 10.9. The molecule has 0 saturated carbocycles. The van der Waals surface area contributed by atoms with Crippen LogP contribution in [0.5, 0.6) is 0 Å². The number of rotatable bonds is 2. The van der Waals surface area contributed by atoms with Gasteiger partial charge >= 0.3 is 0 Å². The average molecular weight is 278 g/mol. The van der Waals surface area contributed by atoms with Crippen LogP contribution in [0.3, 0.4) is 0 Å². The number of amides is 1. The standard InChI is InChI=1S/C13H12ClN3O2/c1-17-7-11(2-3-12(17)18)16-13(19)8-4-9(14)6-10(15)5-8/h2-7H,15H2,1H3,(H,16,19). The Morgan fingerprint density at radius 3 is 2.68 bits per heavy atom. The summed E-state index contributed by atoms with van der Waals surface area (Å²) in [4.78, 5) is 23.2. The Morgan fingerprint density at radius 1 is 1.32 bits per heavy atom. The van der Waals surface area contributed by atoms with Crippen LogP contribution in [0, 0.1) is 0 Å². The summed E-state index contributed by atoms with van der Waals surface area (Å²) in [5.41, 5.74) is 6.77. The number of hydrogen-bond donors (Lipinski definition) is 2. The molecule has 0 fully saturated rings. The number of hydrogen-bond acceptors (Lipinski definition) is 3. The van der Waals surface area contributed by atoms with Crippen LogP contribution in [0.1, 0.15) is 10.4 Å². The zero-order valence-electron chi connectivity index (χ0n) is 10.2. The number of benzene rings is 1. The van der Waals surface area contributed by atoms with Gasteiger partial charge in [0.05, 0.1) is 5.69 Å². The number of nitrogen functional groups attached to an aromatic ring is 1. The van der Waals surface area contributed by atoms with Crippen molar-refractivity contribution in [1.82, 2.24) is 4.57 Å². The molecule has 2 aromatic rings. The van der Waals surface area contributed by atoms with Crippen molar-refractivity contribution in [3.8, 4) is 0 Å². The van der Waals surface area contributed by atoms with Gasteiger partial charge in [-0.3, -0.25) is 9.59 Å². The van der Waals surface area contributed by atoms with E-state index in [-0.39, 0.29) is 11.5 Å². The molecule has 0 bridgehead atoms. The topological polar surface area (TPSA) is 77.1 Å². The number of halogens is 1. The fraction of sp³-hybridized carbons (Fsp3) is 0.0769. The van der Waals surface area contributed by atoms with Gasteiger partial charge in [-0.25, -0.2) is 0 Å². The number of carbonyl (C=O) groups excluding carboxylic acids is 1. The molecule has 1 aromatic heterocycles. The van der Waals surface area contributed by atoms with E-state index in [0.29, 0.717) is 22.0 Å². The lowest BCUT2D eigenvalue weighted by Crippen LogP contribution is -2.18. The molecule has 0 spiro atoms. The van der Waals surface area contributed by atoms with Crippen LogP contribution in [0.2, 0.25) is 5.02 Å². The predicted octanol–water partition coefficient (Wildman–Crippen LogP) is 1.87. The Kier molecular flexibility index (Phi) is 3.57. The maximum absolute atomic E-state index is 12.0. The molecule has 0 aliphatic carbocycles. The van der Waals surface area contributed by atoms with E-state index in [2.05, 4.69) is 5.32 Å². The highest BCUT2D eigenvalue weighted by molar-refractivity contribution is 6.31. The minimum atomic E-state index is -0.340. The number of nitrogens with zero attached hydrogens (tertiary/aromatic N) is 1. The van der Waals surface area contributed by atoms with Gasteiger partial charge in [-0.05, 0) is 24.3 Å². The summed E-state index contributed by atoms with van der Waals surface area (Å²) in [7, 11) is 1.61. The van der Waals surface area contributed by atoms with Gasteiger partial charge in [-0.2, -0.15) is 0 Å². The monoisotopic (exact) mass is 277 g/mol. The van der Waals surface area contributed by atoms with Gasteiger partial charge in [0, 0.05) is 35.6 Å². The summed E-state index contributed by atoms with van der Waals surface area (Å²) in [6.45, 7) is 0. The fourth-order valence-electron chi connectivity index (χ4n) is 1.61. The van der Waals surface area contributed by atoms with Crippen molar-refractivity contribution in [1.29, 1.82) is 0 Å². The second-order valence-corrected chi connectivity index (χ2v) is 4.53. The molecule has 1 heterocycles. The van der Waals surface area contributed by atoms with Crippen molar-refractivity contribution < 1.29 is 4.79 Å². The number of aromatic nitrogens is 1. The third kappa shape index (κ3) is 3.14. The summed E-state index contributed by atoms with van der Waals surface area (Å²) in [5.74, 6) is -0.340. The van der Waals surface area contributed by atoms with Crippen molar-refractivity contribution in [3.63, 3.8) is 0 Å². The van der Waals surface area contributed by atoms with Crippen LogP contribution in [0.25, 0.3) is 0 Å². The van der Waals surface area contributed by atoms with E-state index in [9.17, 15) is 9.59 Å². The van der Waals surface area contributed by atoms with E-state index in [1.807, 2.05) is 0 Å². The first kappa shape index (κ1) is 13.2. The van der Waals surface area contributed by atoms with Gasteiger partial charge in [0.15, 0.2) is 0 Å². The van der Waals surface area contributed by atoms with Gasteiger partial charge in [-0.15, -0.1) is 0 Å². The van der Waals surface area contributed by atoms with Gasteiger partial charge in [0.2, 0.25) is 5.56 Å². The first-order chi connectivity index (χ1) is 8.95. The summed E-state index contributed by atoms with van der Waals surface area (Å²) in [6, 6.07) is 7.53. The molecule has 0 unspecified atom stereocenters. The van der Waals surface area contributed by atoms with Crippen LogP contribution in [0.15, 0.2) is 41.3 Å². The van der Waals surface area contributed by atoms with E-state index in [1.165, 1.54) is 35.0 Å². The molecule has 5 nitrogen and oxygen atoms in total. The van der Waals surface area contributed by atoms with Crippen LogP contribution in [-0.2, 0) is 7.05 Å². The molecule has 3 N–H and O–H groups in total. The van der Waals surface area contributed by atoms with Crippen molar-refractivity contribution in [2.75, 3.05) is 11.1 Å². The second kappa shape index (κ2) is 5.16. The normalized spacial score (nSPS) is 10.2. The molecule has 2 rings (SSSR count). The SMILES string of the molecule is Cn1cc(NC(=O)c2cc(N)cc(Cl)c2)ccc1=O. The fourth-order valence-corrected chi connectivity index (χ4v) is 1.86. The van der Waals surface area contributed by atoms with E-state index < -0.39 is 0 Å². The van der Waals surface area contributed by atoms with Gasteiger partial charge in [0.25, 0.3) is 5.91 Å².